The number of anilines is 3. The van der Waals surface area contributed by atoms with Crippen LogP contribution in [0, 0.1) is 17.1 Å². The molecular weight excluding hydrogens is 814 g/mol. The van der Waals surface area contributed by atoms with Crippen LogP contribution in [0.1, 0.15) is 71.5 Å². The molecule has 2 aromatic carbocycles. The SMILES string of the molecule is CC1(C)C(=O)N(c2ccc(C#N)c(C(F)(F)F)c2)C(=S)N1c1ccc(C(=O)NCCCCCCNC(=O)c2ccc(N3CCNCC3)cn2)c(F)c1.O=C(O)C(F)(F)F. The number of carbonyl (C=O) groups is 4. The number of carboxylic acid groups (broad SMARTS) is 1. The van der Waals surface area contributed by atoms with Crippen molar-refractivity contribution in [1.82, 2.24) is 20.9 Å². The van der Waals surface area contributed by atoms with E-state index in [1.807, 2.05) is 6.07 Å². The van der Waals surface area contributed by atoms with E-state index in [4.69, 9.17) is 27.4 Å². The molecule has 3 amide bonds. The number of alkyl halides is 6. The summed E-state index contributed by atoms with van der Waals surface area (Å²) in [5.74, 6) is -5.16. The minimum atomic E-state index is -5.08. The number of nitrogens with one attached hydrogen (secondary N) is 3. The molecule has 0 radical (unpaired) electrons. The van der Waals surface area contributed by atoms with Crippen LogP contribution in [-0.4, -0.2) is 89.9 Å². The number of halogens is 7. The molecule has 0 aliphatic carbocycles. The number of thiocarbonyl (C=S) groups is 1. The van der Waals surface area contributed by atoms with Gasteiger partial charge in [0.2, 0.25) is 0 Å². The monoisotopic (exact) mass is 852 g/mol. The second-order valence-corrected chi connectivity index (χ2v) is 14.1. The van der Waals surface area contributed by atoms with Crippen molar-refractivity contribution >= 4 is 58.1 Å². The van der Waals surface area contributed by atoms with Crippen molar-refractivity contribution in [2.75, 3.05) is 54.0 Å². The summed E-state index contributed by atoms with van der Waals surface area (Å²) in [6.07, 6.45) is -5.28. The summed E-state index contributed by atoms with van der Waals surface area (Å²) in [7, 11) is 0. The quantitative estimate of drug-likeness (QED) is 0.0989. The summed E-state index contributed by atoms with van der Waals surface area (Å²) in [6.45, 7) is 7.37. The molecule has 2 aliphatic heterocycles. The van der Waals surface area contributed by atoms with Gasteiger partial charge in [-0.15, -0.1) is 0 Å². The first-order chi connectivity index (χ1) is 27.7. The number of aromatic nitrogens is 1. The van der Waals surface area contributed by atoms with E-state index < -0.39 is 52.6 Å². The highest BCUT2D eigenvalue weighted by Gasteiger charge is 2.51. The number of pyridine rings is 1. The second-order valence-electron chi connectivity index (χ2n) is 13.7. The lowest BCUT2D eigenvalue weighted by atomic mass is 10.0. The van der Waals surface area contributed by atoms with Gasteiger partial charge in [-0.2, -0.15) is 31.6 Å². The zero-order chi connectivity index (χ0) is 43.7. The fourth-order valence-corrected chi connectivity index (χ4v) is 6.63. The average molecular weight is 853 g/mol. The van der Waals surface area contributed by atoms with Gasteiger partial charge in [-0.3, -0.25) is 19.3 Å². The fourth-order valence-electron chi connectivity index (χ4n) is 6.11. The molecule has 3 aromatic rings. The van der Waals surface area contributed by atoms with Crippen LogP contribution in [0.2, 0.25) is 0 Å². The fraction of sp³-hybridized carbons (Fsp3) is 0.395. The van der Waals surface area contributed by atoms with Gasteiger partial charge in [-0.05, 0) is 87.4 Å². The summed E-state index contributed by atoms with van der Waals surface area (Å²) in [5.41, 5.74) is -2.20. The third-order valence-electron chi connectivity index (χ3n) is 9.19. The molecule has 5 rings (SSSR count). The largest absolute Gasteiger partial charge is 0.490 e. The van der Waals surface area contributed by atoms with E-state index in [1.165, 1.54) is 43.0 Å². The number of amides is 3. The first kappa shape index (κ1) is 45.8. The van der Waals surface area contributed by atoms with Gasteiger partial charge in [0, 0.05) is 45.0 Å². The Hall–Kier alpha value is -5.88. The lowest BCUT2D eigenvalue weighted by Gasteiger charge is -2.29. The molecule has 1 aromatic heterocycles. The Morgan fingerprint density at radius 2 is 1.47 bits per heavy atom. The van der Waals surface area contributed by atoms with E-state index in [0.717, 1.165) is 68.2 Å². The first-order valence-electron chi connectivity index (χ1n) is 18.1. The molecule has 0 atom stereocenters. The van der Waals surface area contributed by atoms with Crippen molar-refractivity contribution in [3.63, 3.8) is 0 Å². The molecule has 21 heteroatoms. The van der Waals surface area contributed by atoms with Crippen molar-refractivity contribution in [2.24, 2.45) is 0 Å². The van der Waals surface area contributed by atoms with Gasteiger partial charge in [0.1, 0.15) is 17.1 Å². The second kappa shape index (κ2) is 19.2. The molecule has 2 fully saturated rings. The number of hydrogen-bond acceptors (Lipinski definition) is 9. The van der Waals surface area contributed by atoms with E-state index in [0.29, 0.717) is 31.3 Å². The van der Waals surface area contributed by atoms with Crippen LogP contribution in [0.3, 0.4) is 0 Å². The molecule has 0 unspecified atom stereocenters. The number of carboxylic acids is 1. The summed E-state index contributed by atoms with van der Waals surface area (Å²) in [6, 6.07) is 11.7. The maximum atomic E-state index is 15.3. The predicted octanol–water partition coefficient (Wildman–Crippen LogP) is 5.79. The number of piperazine rings is 1. The van der Waals surface area contributed by atoms with Crippen LogP contribution in [-0.2, 0) is 15.8 Å². The number of aliphatic carboxylic acids is 1. The number of hydrogen-bond donors (Lipinski definition) is 4. The van der Waals surface area contributed by atoms with E-state index >= 15 is 4.39 Å². The summed E-state index contributed by atoms with van der Waals surface area (Å²) >= 11 is 5.50. The van der Waals surface area contributed by atoms with Crippen LogP contribution >= 0.6 is 12.2 Å². The molecule has 316 valence electrons. The Morgan fingerprint density at radius 1 is 0.898 bits per heavy atom. The molecule has 0 bridgehead atoms. The standard InChI is InChI=1S/C36H38F4N8O3S.C2HF3O2/c1-35(2)33(51)47(24-8-7-23(21-41)28(19-24)36(38,39)40)34(52)48(35)25-9-11-27(29(37)20-25)31(49)43-13-5-3-4-6-14-44-32(50)30-12-10-26(22-45-30)46-17-15-42-16-18-46;3-2(4,5)1(6)7/h7-12,19-20,22,42H,3-6,13-18H2,1-2H3,(H,43,49)(H,44,50);(H,6,7). The Kier molecular flexibility index (Phi) is 14.9. The summed E-state index contributed by atoms with van der Waals surface area (Å²) < 4.78 is 87.9. The highest BCUT2D eigenvalue weighted by Crippen LogP contribution is 2.40. The van der Waals surface area contributed by atoms with Crippen molar-refractivity contribution in [1.29, 1.82) is 5.26 Å². The first-order valence-corrected chi connectivity index (χ1v) is 18.5. The Bertz CT molecular complexity index is 2090. The number of rotatable bonds is 12. The summed E-state index contributed by atoms with van der Waals surface area (Å²) in [4.78, 5) is 56.3. The van der Waals surface area contributed by atoms with Crippen LogP contribution in [0.25, 0.3) is 0 Å². The lowest BCUT2D eigenvalue weighted by molar-refractivity contribution is -0.192. The van der Waals surface area contributed by atoms with Crippen molar-refractivity contribution in [3.8, 4) is 6.07 Å². The summed E-state index contributed by atoms with van der Waals surface area (Å²) in [5, 5.41) is 24.9. The maximum Gasteiger partial charge on any atom is 0.490 e. The van der Waals surface area contributed by atoms with E-state index in [1.54, 1.807) is 12.3 Å². The molecule has 0 saturated carbocycles. The normalized spacial score (nSPS) is 15.3. The third kappa shape index (κ3) is 11.4. The number of carbonyl (C=O) groups excluding carboxylic acids is 3. The third-order valence-corrected chi connectivity index (χ3v) is 9.56. The van der Waals surface area contributed by atoms with Gasteiger partial charge >= 0.3 is 18.3 Å². The Balaban J connectivity index is 0.00000101. The molecule has 4 N–H and O–H groups in total. The van der Waals surface area contributed by atoms with Crippen LogP contribution in [0.5, 0.6) is 0 Å². The van der Waals surface area contributed by atoms with Gasteiger partial charge in [0.05, 0.1) is 40.3 Å². The maximum absolute atomic E-state index is 15.3. The lowest BCUT2D eigenvalue weighted by Crippen LogP contribution is -2.44. The molecule has 13 nitrogen and oxygen atoms in total. The van der Waals surface area contributed by atoms with Crippen LogP contribution in [0.15, 0.2) is 54.7 Å². The molecule has 59 heavy (non-hydrogen) atoms. The Morgan fingerprint density at radius 3 is 2.00 bits per heavy atom. The van der Waals surface area contributed by atoms with Crippen molar-refractivity contribution < 1.29 is 55.0 Å². The zero-order valence-electron chi connectivity index (χ0n) is 31.6. The minimum absolute atomic E-state index is 0.125. The van der Waals surface area contributed by atoms with Crippen LogP contribution in [0.4, 0.5) is 47.8 Å². The van der Waals surface area contributed by atoms with Gasteiger partial charge in [-0.1, -0.05) is 12.8 Å². The van der Waals surface area contributed by atoms with Gasteiger partial charge < -0.3 is 30.9 Å². The number of unbranched alkanes of at least 4 members (excludes halogenated alkanes) is 3. The minimum Gasteiger partial charge on any atom is -0.475 e. The van der Waals surface area contributed by atoms with Gasteiger partial charge in [0.25, 0.3) is 17.7 Å². The van der Waals surface area contributed by atoms with Crippen molar-refractivity contribution in [2.45, 2.75) is 57.4 Å². The van der Waals surface area contributed by atoms with Gasteiger partial charge in [0.15, 0.2) is 5.11 Å². The van der Waals surface area contributed by atoms with Gasteiger partial charge in [-0.25, -0.2) is 14.2 Å². The highest BCUT2D eigenvalue weighted by atomic mass is 32.1. The molecular formula is C38H39F7N8O5S. The predicted molar refractivity (Wildman–Crippen MR) is 205 cm³/mol. The molecule has 3 heterocycles. The Labute approximate surface area is 339 Å². The zero-order valence-corrected chi connectivity index (χ0v) is 32.5. The smallest absolute Gasteiger partial charge is 0.475 e. The number of nitriles is 1. The highest BCUT2D eigenvalue weighted by molar-refractivity contribution is 7.81. The van der Waals surface area contributed by atoms with E-state index in [-0.39, 0.29) is 28.0 Å². The van der Waals surface area contributed by atoms with E-state index in [9.17, 15) is 40.7 Å². The molecule has 2 aliphatic rings. The molecule has 2 saturated heterocycles. The topological polar surface area (TPSA) is 171 Å². The van der Waals surface area contributed by atoms with Crippen LogP contribution < -0.4 is 30.7 Å². The molecule has 0 spiro atoms. The van der Waals surface area contributed by atoms with Crippen molar-refractivity contribution in [3.05, 3.63) is 82.9 Å². The average Bonchev–Trinajstić information content (AvgIpc) is 3.36. The number of benzene rings is 2. The number of nitrogens with zero attached hydrogens (tertiary/aromatic N) is 5. The van der Waals surface area contributed by atoms with E-state index in [2.05, 4.69) is 25.8 Å².